The van der Waals surface area contributed by atoms with Crippen LogP contribution in [0, 0.1) is 5.41 Å². The van der Waals surface area contributed by atoms with Crippen LogP contribution >= 0.6 is 0 Å². The van der Waals surface area contributed by atoms with Crippen LogP contribution in [-0.4, -0.2) is 49.5 Å². The lowest BCUT2D eigenvalue weighted by Gasteiger charge is -2.37. The number of aromatic amines is 1. The lowest BCUT2D eigenvalue weighted by atomic mass is 9.79. The van der Waals surface area contributed by atoms with Crippen LogP contribution in [0.5, 0.6) is 0 Å². The van der Waals surface area contributed by atoms with Crippen LogP contribution in [0.4, 0.5) is 0 Å². The number of hydrogen-bond donors (Lipinski definition) is 3. The van der Waals surface area contributed by atoms with Crippen LogP contribution < -0.4 is 10.6 Å². The van der Waals surface area contributed by atoms with E-state index in [-0.39, 0.29) is 11.3 Å². The summed E-state index contributed by atoms with van der Waals surface area (Å²) in [6.07, 6.45) is 4.07. The second-order valence-corrected chi connectivity index (χ2v) is 5.22. The highest BCUT2D eigenvalue weighted by atomic mass is 16.5. The Bertz CT molecular complexity index is 380. The zero-order valence-electron chi connectivity index (χ0n) is 11.4. The molecule has 0 atom stereocenters. The van der Waals surface area contributed by atoms with E-state index in [0.717, 1.165) is 31.6 Å². The molecule has 3 N–H and O–H groups in total. The van der Waals surface area contributed by atoms with Gasteiger partial charge in [0.05, 0.1) is 13.0 Å². The number of carbonyl (C=O) groups excluding carboxylic acids is 1. The van der Waals surface area contributed by atoms with Crippen LogP contribution in [0.3, 0.4) is 0 Å². The summed E-state index contributed by atoms with van der Waals surface area (Å²) in [7, 11) is 1.72. The van der Waals surface area contributed by atoms with Gasteiger partial charge in [-0.3, -0.25) is 9.89 Å². The lowest BCUT2D eigenvalue weighted by molar-refractivity contribution is -0.121. The first-order valence-electron chi connectivity index (χ1n) is 6.69. The van der Waals surface area contributed by atoms with Gasteiger partial charge < -0.3 is 15.4 Å². The molecule has 19 heavy (non-hydrogen) atoms. The monoisotopic (exact) mass is 266 g/mol. The smallest absolute Gasteiger partial charge is 0.226 e. The predicted molar refractivity (Wildman–Crippen MR) is 71.7 cm³/mol. The number of nitrogens with one attached hydrogen (secondary N) is 3. The van der Waals surface area contributed by atoms with Crippen molar-refractivity contribution >= 4 is 5.91 Å². The number of amides is 1. The number of methoxy groups -OCH3 is 1. The molecule has 0 unspecified atom stereocenters. The number of piperidine rings is 1. The van der Waals surface area contributed by atoms with E-state index in [2.05, 4.69) is 20.8 Å². The maximum atomic E-state index is 11.9. The van der Waals surface area contributed by atoms with Crippen LogP contribution in [0.2, 0.25) is 0 Å². The topological polar surface area (TPSA) is 79.0 Å². The third-order valence-corrected chi connectivity index (χ3v) is 3.68. The van der Waals surface area contributed by atoms with Crippen LogP contribution in [0.15, 0.2) is 12.3 Å². The molecule has 0 spiro atoms. The molecular weight excluding hydrogens is 244 g/mol. The third kappa shape index (κ3) is 4.04. The number of hydrogen-bond acceptors (Lipinski definition) is 4. The number of ether oxygens (including phenoxy) is 1. The van der Waals surface area contributed by atoms with Gasteiger partial charge in [-0.05, 0) is 32.0 Å². The van der Waals surface area contributed by atoms with Gasteiger partial charge >= 0.3 is 0 Å². The minimum Gasteiger partial charge on any atom is -0.384 e. The van der Waals surface area contributed by atoms with Crippen molar-refractivity contribution in [3.05, 3.63) is 18.0 Å². The maximum absolute atomic E-state index is 11.9. The minimum absolute atomic E-state index is 0.0262. The van der Waals surface area contributed by atoms with E-state index in [4.69, 9.17) is 4.74 Å². The fourth-order valence-electron chi connectivity index (χ4n) is 2.54. The first kappa shape index (κ1) is 14.0. The van der Waals surface area contributed by atoms with Gasteiger partial charge in [0.2, 0.25) is 5.91 Å². The van der Waals surface area contributed by atoms with Crippen molar-refractivity contribution in [2.24, 2.45) is 5.41 Å². The van der Waals surface area contributed by atoms with Gasteiger partial charge in [0.25, 0.3) is 0 Å². The average molecular weight is 266 g/mol. The summed E-state index contributed by atoms with van der Waals surface area (Å²) < 4.78 is 5.33. The quantitative estimate of drug-likeness (QED) is 0.681. The minimum atomic E-state index is 0.0262. The highest BCUT2D eigenvalue weighted by Crippen LogP contribution is 2.28. The highest BCUT2D eigenvalue weighted by Gasteiger charge is 2.32. The largest absolute Gasteiger partial charge is 0.384 e. The molecular formula is C13H22N4O2. The number of H-pyrrole nitrogens is 1. The molecule has 6 heteroatoms. The number of rotatable bonds is 6. The van der Waals surface area contributed by atoms with Crippen molar-refractivity contribution in [3.8, 4) is 0 Å². The molecule has 1 saturated heterocycles. The van der Waals surface area contributed by atoms with Crippen molar-refractivity contribution < 1.29 is 9.53 Å². The normalized spacial score (nSPS) is 18.2. The predicted octanol–water partition coefficient (Wildman–Crippen LogP) is 0.0846. The molecule has 0 aliphatic carbocycles. The average Bonchev–Trinajstić information content (AvgIpc) is 2.91. The Balaban J connectivity index is 1.82. The Labute approximate surface area is 113 Å². The molecule has 0 aromatic carbocycles. The van der Waals surface area contributed by atoms with Crippen molar-refractivity contribution in [2.75, 3.05) is 33.4 Å². The molecule has 0 bridgehead atoms. The third-order valence-electron chi connectivity index (χ3n) is 3.68. The van der Waals surface area contributed by atoms with Gasteiger partial charge in [-0.2, -0.15) is 5.10 Å². The summed E-state index contributed by atoms with van der Waals surface area (Å²) in [4.78, 5) is 11.9. The zero-order valence-corrected chi connectivity index (χ0v) is 11.4. The van der Waals surface area contributed by atoms with E-state index < -0.39 is 0 Å². The van der Waals surface area contributed by atoms with E-state index in [1.165, 1.54) is 0 Å². The van der Waals surface area contributed by atoms with Gasteiger partial charge in [-0.25, -0.2) is 0 Å². The van der Waals surface area contributed by atoms with Crippen LogP contribution in [0.1, 0.15) is 18.5 Å². The maximum Gasteiger partial charge on any atom is 0.226 e. The number of aromatic nitrogens is 2. The molecule has 1 aliphatic rings. The molecule has 106 valence electrons. The Morgan fingerprint density at radius 1 is 1.53 bits per heavy atom. The molecule has 1 aromatic rings. The second-order valence-electron chi connectivity index (χ2n) is 5.22. The van der Waals surface area contributed by atoms with Crippen molar-refractivity contribution in [3.63, 3.8) is 0 Å². The SMILES string of the molecule is COCC1(CNC(=O)Cc2ccn[nH]2)CCNCC1. The fraction of sp³-hybridized carbons (Fsp3) is 0.692. The number of nitrogens with zero attached hydrogens (tertiary/aromatic N) is 1. The molecule has 2 heterocycles. The molecule has 2 rings (SSSR count). The van der Waals surface area contributed by atoms with Crippen molar-refractivity contribution in [2.45, 2.75) is 19.3 Å². The van der Waals surface area contributed by atoms with Gasteiger partial charge in [-0.15, -0.1) is 0 Å². The molecule has 1 aliphatic heterocycles. The van der Waals surface area contributed by atoms with Gasteiger partial charge in [0, 0.05) is 31.0 Å². The van der Waals surface area contributed by atoms with E-state index in [9.17, 15) is 4.79 Å². The first-order chi connectivity index (χ1) is 9.24. The fourth-order valence-corrected chi connectivity index (χ4v) is 2.54. The summed E-state index contributed by atoms with van der Waals surface area (Å²) in [5.41, 5.74) is 0.910. The molecule has 1 aromatic heterocycles. The highest BCUT2D eigenvalue weighted by molar-refractivity contribution is 5.78. The van der Waals surface area contributed by atoms with Gasteiger partial charge in [0.1, 0.15) is 0 Å². The summed E-state index contributed by atoms with van der Waals surface area (Å²) in [6.45, 7) is 3.34. The summed E-state index contributed by atoms with van der Waals surface area (Å²) in [5.74, 6) is 0.0262. The van der Waals surface area contributed by atoms with Gasteiger partial charge in [0.15, 0.2) is 0 Å². The lowest BCUT2D eigenvalue weighted by Crippen LogP contribution is -2.47. The Morgan fingerprint density at radius 2 is 2.32 bits per heavy atom. The standard InChI is InChI=1S/C13H22N4O2/c1-19-10-13(3-6-14-7-4-13)9-15-12(18)8-11-2-5-16-17-11/h2,5,14H,3-4,6-10H2,1H3,(H,15,18)(H,16,17). The van der Waals surface area contributed by atoms with Gasteiger partial charge in [-0.1, -0.05) is 0 Å². The molecule has 0 radical (unpaired) electrons. The van der Waals surface area contributed by atoms with Crippen LogP contribution in [-0.2, 0) is 16.0 Å². The molecule has 6 nitrogen and oxygen atoms in total. The second kappa shape index (κ2) is 6.68. The molecule has 1 fully saturated rings. The van der Waals surface area contributed by atoms with Crippen molar-refractivity contribution in [1.29, 1.82) is 0 Å². The number of carbonyl (C=O) groups is 1. The van der Waals surface area contributed by atoms with Crippen molar-refractivity contribution in [1.82, 2.24) is 20.8 Å². The van der Waals surface area contributed by atoms with E-state index in [1.54, 1.807) is 13.3 Å². The van der Waals surface area contributed by atoms with E-state index >= 15 is 0 Å². The Morgan fingerprint density at radius 3 is 2.95 bits per heavy atom. The summed E-state index contributed by atoms with van der Waals surface area (Å²) >= 11 is 0. The van der Waals surface area contributed by atoms with Crippen LogP contribution in [0.25, 0.3) is 0 Å². The Hall–Kier alpha value is -1.40. The first-order valence-corrected chi connectivity index (χ1v) is 6.69. The summed E-state index contributed by atoms with van der Waals surface area (Å²) in [5, 5.41) is 13.0. The van der Waals surface area contributed by atoms with E-state index in [1.807, 2.05) is 6.07 Å². The molecule has 1 amide bonds. The van der Waals surface area contributed by atoms with E-state index in [0.29, 0.717) is 19.6 Å². The Kier molecular flexibility index (Phi) is 4.93. The zero-order chi connectivity index (χ0) is 13.6. The summed E-state index contributed by atoms with van der Waals surface area (Å²) in [6, 6.07) is 1.81. The molecule has 0 saturated carbocycles.